The fourth-order valence-corrected chi connectivity index (χ4v) is 2.47. The summed E-state index contributed by atoms with van der Waals surface area (Å²) in [5, 5.41) is 10.3. The number of halogens is 3. The number of aliphatic hydroxyl groups excluding tert-OH is 1. The highest BCUT2D eigenvalue weighted by molar-refractivity contribution is 5.82. The van der Waals surface area contributed by atoms with Gasteiger partial charge in [-0.15, -0.1) is 0 Å². The van der Waals surface area contributed by atoms with Gasteiger partial charge < -0.3 is 10.0 Å². The van der Waals surface area contributed by atoms with Crippen LogP contribution < -0.4 is 4.90 Å². The molecule has 0 saturated heterocycles. The molecule has 1 aliphatic carbocycles. The molecule has 0 amide bonds. The summed E-state index contributed by atoms with van der Waals surface area (Å²) in [6.45, 7) is -1.36. The molecule has 6 heteroatoms. The molecule has 1 fully saturated rings. The molecule has 0 bridgehead atoms. The van der Waals surface area contributed by atoms with E-state index in [0.29, 0.717) is 11.1 Å². The summed E-state index contributed by atoms with van der Waals surface area (Å²) >= 11 is 0. The van der Waals surface area contributed by atoms with Gasteiger partial charge in [0.25, 0.3) is 0 Å². The van der Waals surface area contributed by atoms with Crippen LogP contribution in [0.15, 0.2) is 30.3 Å². The van der Waals surface area contributed by atoms with Crippen LogP contribution in [-0.2, 0) is 6.61 Å². The van der Waals surface area contributed by atoms with E-state index in [0.717, 1.165) is 18.2 Å². The van der Waals surface area contributed by atoms with Crippen LogP contribution in [0.3, 0.4) is 0 Å². The van der Waals surface area contributed by atoms with Crippen LogP contribution in [0.2, 0.25) is 0 Å². The van der Waals surface area contributed by atoms with Crippen molar-refractivity contribution in [2.24, 2.45) is 0 Å². The first-order valence-corrected chi connectivity index (χ1v) is 6.81. The van der Waals surface area contributed by atoms with Crippen molar-refractivity contribution < 1.29 is 18.3 Å². The molecule has 3 rings (SSSR count). The highest BCUT2D eigenvalue weighted by Gasteiger charge is 2.39. The Balaban J connectivity index is 2.07. The largest absolute Gasteiger partial charge is 0.405 e. The molecule has 1 aromatic carbocycles. The molecule has 21 heavy (non-hydrogen) atoms. The van der Waals surface area contributed by atoms with E-state index >= 15 is 0 Å². The lowest BCUT2D eigenvalue weighted by atomic mass is 10.1. The molecule has 0 atom stereocenters. The van der Waals surface area contributed by atoms with E-state index in [2.05, 4.69) is 4.98 Å². The maximum atomic E-state index is 12.8. The first kappa shape index (κ1) is 14.1. The second-order valence-electron chi connectivity index (χ2n) is 5.30. The van der Waals surface area contributed by atoms with Crippen molar-refractivity contribution in [3.8, 4) is 0 Å². The van der Waals surface area contributed by atoms with Gasteiger partial charge in [0.15, 0.2) is 0 Å². The summed E-state index contributed by atoms with van der Waals surface area (Å²) in [5.74, 6) is 0.246. The minimum Gasteiger partial charge on any atom is -0.392 e. The van der Waals surface area contributed by atoms with E-state index < -0.39 is 12.7 Å². The zero-order valence-corrected chi connectivity index (χ0v) is 11.3. The van der Waals surface area contributed by atoms with Crippen molar-refractivity contribution in [2.45, 2.75) is 31.7 Å². The number of benzene rings is 1. The van der Waals surface area contributed by atoms with Crippen LogP contribution in [0.4, 0.5) is 19.0 Å². The van der Waals surface area contributed by atoms with Gasteiger partial charge in [-0.2, -0.15) is 13.2 Å². The Hall–Kier alpha value is -1.82. The number of fused-ring (bicyclic) bond motifs is 1. The monoisotopic (exact) mass is 296 g/mol. The Kier molecular flexibility index (Phi) is 3.49. The van der Waals surface area contributed by atoms with Crippen molar-refractivity contribution in [3.63, 3.8) is 0 Å². The van der Waals surface area contributed by atoms with Crippen LogP contribution >= 0.6 is 0 Å². The molecule has 112 valence electrons. The predicted octanol–water partition coefficient (Wildman–Crippen LogP) is 3.26. The Labute approximate surface area is 120 Å². The van der Waals surface area contributed by atoms with Crippen molar-refractivity contribution in [1.82, 2.24) is 4.98 Å². The lowest BCUT2D eigenvalue weighted by molar-refractivity contribution is -0.120. The van der Waals surface area contributed by atoms with E-state index in [1.165, 1.54) is 4.90 Å². The van der Waals surface area contributed by atoms with Crippen molar-refractivity contribution in [2.75, 3.05) is 11.4 Å². The fraction of sp³-hybridized carbons (Fsp3) is 0.400. The van der Waals surface area contributed by atoms with E-state index in [1.807, 2.05) is 12.1 Å². The SMILES string of the molecule is OCc1cc2ccccc2nc1N(CC(F)(F)F)C1CC1. The molecule has 1 N–H and O–H groups in total. The first-order chi connectivity index (χ1) is 9.98. The van der Waals surface area contributed by atoms with Crippen LogP contribution in [0.1, 0.15) is 18.4 Å². The number of alkyl halides is 3. The van der Waals surface area contributed by atoms with Crippen LogP contribution in [-0.4, -0.2) is 28.9 Å². The molecule has 0 aliphatic heterocycles. The molecule has 3 nitrogen and oxygen atoms in total. The van der Waals surface area contributed by atoms with E-state index in [9.17, 15) is 18.3 Å². The quantitative estimate of drug-likeness (QED) is 0.941. The molecule has 0 spiro atoms. The van der Waals surface area contributed by atoms with E-state index in [4.69, 9.17) is 0 Å². The Morgan fingerprint density at radius 1 is 1.24 bits per heavy atom. The standard InChI is InChI=1S/C15H15F3N2O/c16-15(17,18)9-20(12-5-6-12)14-11(8-21)7-10-3-1-2-4-13(10)19-14/h1-4,7,12,21H,5-6,8-9H2. The Morgan fingerprint density at radius 2 is 1.95 bits per heavy atom. The number of hydrogen-bond donors (Lipinski definition) is 1. The zero-order valence-electron chi connectivity index (χ0n) is 11.3. The highest BCUT2D eigenvalue weighted by atomic mass is 19.4. The summed E-state index contributed by atoms with van der Waals surface area (Å²) in [4.78, 5) is 5.63. The first-order valence-electron chi connectivity index (χ1n) is 6.81. The summed E-state index contributed by atoms with van der Waals surface area (Å²) in [5.41, 5.74) is 1.07. The minimum atomic E-state index is -4.29. The van der Waals surface area contributed by atoms with Crippen LogP contribution in [0.25, 0.3) is 10.9 Å². The number of rotatable bonds is 4. The third-order valence-electron chi connectivity index (χ3n) is 3.56. The highest BCUT2D eigenvalue weighted by Crippen LogP contribution is 2.36. The zero-order chi connectivity index (χ0) is 15.0. The smallest absolute Gasteiger partial charge is 0.392 e. The van der Waals surface area contributed by atoms with Gasteiger partial charge in [0.05, 0.1) is 12.1 Å². The van der Waals surface area contributed by atoms with Crippen molar-refractivity contribution >= 4 is 16.7 Å². The maximum absolute atomic E-state index is 12.8. The summed E-state index contributed by atoms with van der Waals surface area (Å²) in [6, 6.07) is 8.80. The van der Waals surface area contributed by atoms with Gasteiger partial charge in [-0.05, 0) is 25.0 Å². The molecule has 1 aliphatic rings. The molecule has 1 heterocycles. The number of aromatic nitrogens is 1. The summed E-state index contributed by atoms with van der Waals surface area (Å²) in [6.07, 6.45) is -2.83. The molecule has 0 unspecified atom stereocenters. The molecule has 1 aromatic heterocycles. The molecule has 0 radical (unpaired) electrons. The van der Waals surface area contributed by atoms with Crippen molar-refractivity contribution in [3.05, 3.63) is 35.9 Å². The number of para-hydroxylation sites is 1. The maximum Gasteiger partial charge on any atom is 0.405 e. The molecular weight excluding hydrogens is 281 g/mol. The molecular formula is C15H15F3N2O. The van der Waals surface area contributed by atoms with Gasteiger partial charge >= 0.3 is 6.18 Å². The van der Waals surface area contributed by atoms with Gasteiger partial charge in [0.2, 0.25) is 0 Å². The molecule has 1 saturated carbocycles. The van der Waals surface area contributed by atoms with Crippen LogP contribution in [0, 0.1) is 0 Å². The third-order valence-corrected chi connectivity index (χ3v) is 3.56. The third kappa shape index (κ3) is 3.10. The van der Waals surface area contributed by atoms with E-state index in [1.54, 1.807) is 18.2 Å². The van der Waals surface area contributed by atoms with Gasteiger partial charge in [-0.3, -0.25) is 0 Å². The number of aliphatic hydroxyl groups is 1. The van der Waals surface area contributed by atoms with Crippen molar-refractivity contribution in [1.29, 1.82) is 0 Å². The minimum absolute atomic E-state index is 0.134. The summed E-state index contributed by atoms with van der Waals surface area (Å²) in [7, 11) is 0. The number of hydrogen-bond acceptors (Lipinski definition) is 3. The number of pyridine rings is 1. The summed E-state index contributed by atoms with van der Waals surface area (Å²) < 4.78 is 38.4. The average molecular weight is 296 g/mol. The lowest BCUT2D eigenvalue weighted by Gasteiger charge is -2.27. The van der Waals surface area contributed by atoms with Gasteiger partial charge in [-0.1, -0.05) is 18.2 Å². The fourth-order valence-electron chi connectivity index (χ4n) is 2.47. The Bertz CT molecular complexity index is 653. The lowest BCUT2D eigenvalue weighted by Crippen LogP contribution is -2.37. The van der Waals surface area contributed by atoms with Crippen LogP contribution in [0.5, 0.6) is 0 Å². The number of anilines is 1. The average Bonchev–Trinajstić information content (AvgIpc) is 3.27. The predicted molar refractivity (Wildman–Crippen MR) is 74.1 cm³/mol. The second-order valence-corrected chi connectivity index (χ2v) is 5.30. The second kappa shape index (κ2) is 5.18. The van der Waals surface area contributed by atoms with Gasteiger partial charge in [0.1, 0.15) is 12.4 Å². The normalized spacial score (nSPS) is 15.4. The van der Waals surface area contributed by atoms with Gasteiger partial charge in [-0.25, -0.2) is 4.98 Å². The van der Waals surface area contributed by atoms with Gasteiger partial charge in [0, 0.05) is 17.0 Å². The van der Waals surface area contributed by atoms with E-state index in [-0.39, 0.29) is 18.5 Å². The number of nitrogens with zero attached hydrogens (tertiary/aromatic N) is 2. The Morgan fingerprint density at radius 3 is 2.57 bits per heavy atom. The molecule has 2 aromatic rings. The topological polar surface area (TPSA) is 36.4 Å².